The van der Waals surface area contributed by atoms with E-state index in [1.165, 1.54) is 0 Å². The highest BCUT2D eigenvalue weighted by Gasteiger charge is 2.65. The molecule has 0 aromatic heterocycles. The SMILES string of the molecule is CC(C)[Si](O[C@]1(C)CC2C[C@]2(O)C1)(C(C)C)C(C)C. The van der Waals surface area contributed by atoms with Crippen molar-refractivity contribution in [3.63, 3.8) is 0 Å². The minimum atomic E-state index is -1.82. The quantitative estimate of drug-likeness (QED) is 0.754. The van der Waals surface area contributed by atoms with Gasteiger partial charge < -0.3 is 9.53 Å². The first kappa shape index (κ1) is 15.5. The summed E-state index contributed by atoms with van der Waals surface area (Å²) >= 11 is 0. The first-order chi connectivity index (χ1) is 8.56. The second-order valence-electron chi connectivity index (χ2n) is 8.26. The van der Waals surface area contributed by atoms with Crippen LogP contribution in [0.15, 0.2) is 0 Å². The Morgan fingerprint density at radius 1 is 1.00 bits per heavy atom. The molecule has 0 heterocycles. The highest BCUT2D eigenvalue weighted by molar-refractivity contribution is 6.77. The predicted molar refractivity (Wildman–Crippen MR) is 82.8 cm³/mol. The van der Waals surface area contributed by atoms with Gasteiger partial charge in [-0.2, -0.15) is 0 Å². The molecular formula is C16H32O2Si. The number of rotatable bonds is 5. The largest absolute Gasteiger partial charge is 0.411 e. The van der Waals surface area contributed by atoms with Gasteiger partial charge in [-0.1, -0.05) is 41.5 Å². The molecule has 0 aromatic carbocycles. The van der Waals surface area contributed by atoms with Crippen LogP contribution >= 0.6 is 0 Å². The second kappa shape index (κ2) is 4.57. The molecule has 3 heteroatoms. The Labute approximate surface area is 120 Å². The van der Waals surface area contributed by atoms with E-state index < -0.39 is 8.32 Å². The molecule has 2 aliphatic rings. The molecule has 0 bridgehead atoms. The first-order valence-electron chi connectivity index (χ1n) is 7.98. The molecule has 19 heavy (non-hydrogen) atoms. The van der Waals surface area contributed by atoms with Gasteiger partial charge in [0.1, 0.15) is 0 Å². The molecule has 2 saturated carbocycles. The highest BCUT2D eigenvalue weighted by atomic mass is 28.4. The van der Waals surface area contributed by atoms with Crippen LogP contribution in [0.25, 0.3) is 0 Å². The van der Waals surface area contributed by atoms with E-state index in [1.54, 1.807) is 0 Å². The van der Waals surface area contributed by atoms with E-state index in [9.17, 15) is 5.11 Å². The van der Waals surface area contributed by atoms with E-state index in [-0.39, 0.29) is 11.2 Å². The van der Waals surface area contributed by atoms with Gasteiger partial charge in [-0.3, -0.25) is 0 Å². The van der Waals surface area contributed by atoms with Crippen LogP contribution in [0.2, 0.25) is 16.6 Å². The summed E-state index contributed by atoms with van der Waals surface area (Å²) in [7, 11) is -1.82. The van der Waals surface area contributed by atoms with Crippen molar-refractivity contribution >= 4 is 8.32 Å². The van der Waals surface area contributed by atoms with Gasteiger partial charge in [-0.25, -0.2) is 0 Å². The summed E-state index contributed by atoms with van der Waals surface area (Å²) in [4.78, 5) is 0. The maximum Gasteiger partial charge on any atom is 0.201 e. The third-order valence-electron chi connectivity index (χ3n) is 5.69. The molecule has 0 spiro atoms. The average Bonchev–Trinajstić information content (AvgIpc) is 2.73. The van der Waals surface area contributed by atoms with Crippen LogP contribution in [-0.2, 0) is 4.43 Å². The molecular weight excluding hydrogens is 252 g/mol. The van der Waals surface area contributed by atoms with Crippen LogP contribution in [0, 0.1) is 5.92 Å². The predicted octanol–water partition coefficient (Wildman–Crippen LogP) is 4.48. The minimum Gasteiger partial charge on any atom is -0.411 e. The van der Waals surface area contributed by atoms with Crippen LogP contribution in [0.3, 0.4) is 0 Å². The molecule has 0 saturated heterocycles. The van der Waals surface area contributed by atoms with E-state index in [4.69, 9.17) is 4.43 Å². The van der Waals surface area contributed by atoms with Crippen molar-refractivity contribution in [3.05, 3.63) is 0 Å². The summed E-state index contributed by atoms with van der Waals surface area (Å²) in [5, 5.41) is 10.4. The Balaban J connectivity index is 2.21. The molecule has 3 atom stereocenters. The lowest BCUT2D eigenvalue weighted by molar-refractivity contribution is 0.0309. The van der Waals surface area contributed by atoms with E-state index in [2.05, 4.69) is 48.5 Å². The van der Waals surface area contributed by atoms with Crippen LogP contribution in [0.1, 0.15) is 67.7 Å². The van der Waals surface area contributed by atoms with Crippen molar-refractivity contribution in [2.45, 2.75) is 95.6 Å². The monoisotopic (exact) mass is 284 g/mol. The summed E-state index contributed by atoms with van der Waals surface area (Å²) in [5.41, 5.74) is 1.41. The fraction of sp³-hybridized carbons (Fsp3) is 1.00. The lowest BCUT2D eigenvalue weighted by atomic mass is 10.0. The van der Waals surface area contributed by atoms with Gasteiger partial charge in [0.25, 0.3) is 0 Å². The summed E-state index contributed by atoms with van der Waals surface area (Å²) < 4.78 is 6.92. The van der Waals surface area contributed by atoms with E-state index in [0.29, 0.717) is 22.5 Å². The molecule has 112 valence electrons. The number of hydrogen-bond acceptors (Lipinski definition) is 2. The Hall–Kier alpha value is 0.137. The van der Waals surface area contributed by atoms with Gasteiger partial charge >= 0.3 is 0 Å². The average molecular weight is 285 g/mol. The molecule has 0 aromatic rings. The van der Waals surface area contributed by atoms with Crippen molar-refractivity contribution in [1.82, 2.24) is 0 Å². The Kier molecular flexibility index (Phi) is 3.73. The summed E-state index contributed by atoms with van der Waals surface area (Å²) in [5.74, 6) is 0.510. The molecule has 2 rings (SSSR count). The number of fused-ring (bicyclic) bond motifs is 1. The van der Waals surface area contributed by atoms with Crippen molar-refractivity contribution in [2.24, 2.45) is 5.92 Å². The molecule has 2 fully saturated rings. The van der Waals surface area contributed by atoms with Crippen LogP contribution in [-0.4, -0.2) is 24.6 Å². The van der Waals surface area contributed by atoms with Gasteiger partial charge in [-0.05, 0) is 42.3 Å². The van der Waals surface area contributed by atoms with Gasteiger partial charge in [0.05, 0.1) is 11.2 Å². The number of hydrogen-bond donors (Lipinski definition) is 1. The third kappa shape index (κ3) is 2.42. The molecule has 0 amide bonds. The van der Waals surface area contributed by atoms with E-state index in [1.807, 2.05) is 0 Å². The molecule has 1 N–H and O–H groups in total. The maximum absolute atomic E-state index is 10.4. The second-order valence-corrected chi connectivity index (χ2v) is 13.6. The fourth-order valence-corrected chi connectivity index (χ4v) is 10.7. The molecule has 1 unspecified atom stereocenters. The number of aliphatic hydroxyl groups is 1. The molecule has 0 aliphatic heterocycles. The summed E-state index contributed by atoms with van der Waals surface area (Å²) in [6.07, 6.45) is 2.92. The normalized spacial score (nSPS) is 38.4. The van der Waals surface area contributed by atoms with Crippen molar-refractivity contribution in [3.8, 4) is 0 Å². The van der Waals surface area contributed by atoms with Crippen LogP contribution < -0.4 is 0 Å². The van der Waals surface area contributed by atoms with Crippen LogP contribution in [0.5, 0.6) is 0 Å². The van der Waals surface area contributed by atoms with Crippen LogP contribution in [0.4, 0.5) is 0 Å². The standard InChI is InChI=1S/C16H32O2Si/c1-11(2)19(12(3)4,13(5)6)18-15(7)8-14-9-16(14,17)10-15/h11-14,17H,8-10H2,1-7H3/t14?,15-,16+/m1/s1. The van der Waals surface area contributed by atoms with Crippen molar-refractivity contribution in [2.75, 3.05) is 0 Å². The zero-order valence-corrected chi connectivity index (χ0v) is 14.8. The maximum atomic E-state index is 10.4. The van der Waals surface area contributed by atoms with Gasteiger partial charge in [0.2, 0.25) is 8.32 Å². The van der Waals surface area contributed by atoms with Crippen molar-refractivity contribution in [1.29, 1.82) is 0 Å². The highest BCUT2D eigenvalue weighted by Crippen LogP contribution is 2.62. The first-order valence-corrected chi connectivity index (χ1v) is 10.1. The zero-order valence-electron chi connectivity index (χ0n) is 13.8. The Morgan fingerprint density at radius 2 is 1.47 bits per heavy atom. The Bertz CT molecular complexity index is 331. The van der Waals surface area contributed by atoms with Gasteiger partial charge in [0.15, 0.2) is 0 Å². The smallest absolute Gasteiger partial charge is 0.201 e. The molecule has 2 aliphatic carbocycles. The lowest BCUT2D eigenvalue weighted by Gasteiger charge is -2.48. The van der Waals surface area contributed by atoms with Gasteiger partial charge in [-0.15, -0.1) is 0 Å². The Morgan fingerprint density at radius 3 is 1.79 bits per heavy atom. The molecule has 0 radical (unpaired) electrons. The van der Waals surface area contributed by atoms with E-state index >= 15 is 0 Å². The summed E-state index contributed by atoms with van der Waals surface area (Å²) in [6, 6.07) is 0. The topological polar surface area (TPSA) is 29.5 Å². The third-order valence-corrected chi connectivity index (χ3v) is 11.9. The van der Waals surface area contributed by atoms with Gasteiger partial charge in [0, 0.05) is 6.42 Å². The lowest BCUT2D eigenvalue weighted by Crippen LogP contribution is -2.53. The zero-order chi connectivity index (χ0) is 14.6. The summed E-state index contributed by atoms with van der Waals surface area (Å²) in [6.45, 7) is 16.2. The molecule has 2 nitrogen and oxygen atoms in total. The fourth-order valence-electron chi connectivity index (χ4n) is 4.95. The van der Waals surface area contributed by atoms with Crippen molar-refractivity contribution < 1.29 is 9.53 Å². The minimum absolute atomic E-state index is 0.0807. The van der Waals surface area contributed by atoms with E-state index in [0.717, 1.165) is 19.3 Å².